The van der Waals surface area contributed by atoms with Gasteiger partial charge in [0.25, 0.3) is 0 Å². The van der Waals surface area contributed by atoms with Gasteiger partial charge in [-0.05, 0) is 26.2 Å². The maximum absolute atomic E-state index is 11.6. The van der Waals surface area contributed by atoms with Gasteiger partial charge in [-0.2, -0.15) is 0 Å². The van der Waals surface area contributed by atoms with Gasteiger partial charge in [-0.25, -0.2) is 9.89 Å². The Hall–Kier alpha value is -1.28. The van der Waals surface area contributed by atoms with Crippen LogP contribution in [0.15, 0.2) is 9.95 Å². The Bertz CT molecular complexity index is 526. The molecule has 3 N–H and O–H groups in total. The molecule has 0 saturated heterocycles. The second-order valence-electron chi connectivity index (χ2n) is 4.69. The summed E-state index contributed by atoms with van der Waals surface area (Å²) < 4.78 is 6.30. The fourth-order valence-electron chi connectivity index (χ4n) is 2.34. The highest BCUT2D eigenvalue weighted by molar-refractivity contribution is 7.99. The maximum atomic E-state index is 11.6. The van der Waals surface area contributed by atoms with Crippen LogP contribution < -0.4 is 11.4 Å². The zero-order valence-corrected chi connectivity index (χ0v) is 11.8. The van der Waals surface area contributed by atoms with Crippen molar-refractivity contribution in [1.29, 1.82) is 0 Å². The fourth-order valence-corrected chi connectivity index (χ4v) is 3.69. The number of nitrogens with one attached hydrogen (secondary N) is 1. The van der Waals surface area contributed by atoms with Crippen LogP contribution in [0.25, 0.3) is 0 Å². The first-order valence-corrected chi connectivity index (χ1v) is 7.07. The number of esters is 1. The van der Waals surface area contributed by atoms with Crippen molar-refractivity contribution in [3.63, 3.8) is 0 Å². The largest absolute Gasteiger partial charge is 0.468 e. The average molecular weight is 286 g/mol. The number of H-pyrrole nitrogens is 1. The van der Waals surface area contributed by atoms with Gasteiger partial charge in [-0.3, -0.25) is 9.36 Å². The molecule has 1 saturated carbocycles. The summed E-state index contributed by atoms with van der Waals surface area (Å²) in [4.78, 5) is 23.1. The van der Waals surface area contributed by atoms with E-state index in [0.29, 0.717) is 24.5 Å². The van der Waals surface area contributed by atoms with Crippen LogP contribution in [0.5, 0.6) is 0 Å². The summed E-state index contributed by atoms with van der Waals surface area (Å²) in [5, 5.41) is 7.24. The molecular weight excluding hydrogens is 268 g/mol. The first kappa shape index (κ1) is 14.1. The second kappa shape index (κ2) is 5.38. The molecule has 0 bridgehead atoms. The summed E-state index contributed by atoms with van der Waals surface area (Å²) in [6, 6.07) is 0. The molecule has 1 aliphatic carbocycles. The van der Waals surface area contributed by atoms with E-state index in [-0.39, 0.29) is 16.9 Å². The minimum absolute atomic E-state index is 0.171. The lowest BCUT2D eigenvalue weighted by Crippen LogP contribution is -2.46. The number of hydrogen-bond acceptors (Lipinski definition) is 6. The molecule has 2 atom stereocenters. The van der Waals surface area contributed by atoms with Gasteiger partial charge in [0.2, 0.25) is 0 Å². The number of aromatic nitrogens is 3. The average Bonchev–Trinajstić information content (AvgIpc) is 2.94. The predicted molar refractivity (Wildman–Crippen MR) is 71.0 cm³/mol. The Morgan fingerprint density at radius 3 is 3.11 bits per heavy atom. The van der Waals surface area contributed by atoms with Gasteiger partial charge in [0.15, 0.2) is 5.16 Å². The molecule has 1 heterocycles. The summed E-state index contributed by atoms with van der Waals surface area (Å²) in [5.41, 5.74) is 4.93. The summed E-state index contributed by atoms with van der Waals surface area (Å²) >= 11 is 1.49. The van der Waals surface area contributed by atoms with Gasteiger partial charge in [0.05, 0.1) is 7.11 Å². The Morgan fingerprint density at radius 1 is 1.74 bits per heavy atom. The number of methoxy groups -OCH3 is 1. The van der Waals surface area contributed by atoms with Crippen molar-refractivity contribution in [2.24, 2.45) is 5.73 Å². The van der Waals surface area contributed by atoms with Crippen LogP contribution in [0.3, 0.4) is 0 Å². The molecule has 2 rings (SSSR count). The van der Waals surface area contributed by atoms with Crippen LogP contribution in [0, 0.1) is 0 Å². The third-order valence-electron chi connectivity index (χ3n) is 3.41. The highest BCUT2D eigenvalue weighted by Crippen LogP contribution is 2.38. The Kier molecular flexibility index (Phi) is 4.00. The van der Waals surface area contributed by atoms with E-state index in [4.69, 9.17) is 10.5 Å². The number of rotatable bonds is 4. The van der Waals surface area contributed by atoms with Crippen molar-refractivity contribution >= 4 is 17.7 Å². The van der Waals surface area contributed by atoms with Crippen LogP contribution in [-0.2, 0) is 16.1 Å². The number of nitrogens with two attached hydrogens (primary N) is 1. The van der Waals surface area contributed by atoms with Gasteiger partial charge in [0, 0.05) is 11.8 Å². The number of thioether (sulfide) groups is 1. The first-order valence-electron chi connectivity index (χ1n) is 6.19. The van der Waals surface area contributed by atoms with Crippen LogP contribution >= 0.6 is 11.8 Å². The monoisotopic (exact) mass is 286 g/mol. The zero-order chi connectivity index (χ0) is 14.0. The van der Waals surface area contributed by atoms with Gasteiger partial charge >= 0.3 is 11.7 Å². The minimum atomic E-state index is -0.903. The van der Waals surface area contributed by atoms with Crippen molar-refractivity contribution < 1.29 is 9.53 Å². The summed E-state index contributed by atoms with van der Waals surface area (Å²) in [7, 11) is 1.35. The Labute approximate surface area is 114 Å². The number of nitrogens with zero attached hydrogens (tertiary/aromatic N) is 2. The van der Waals surface area contributed by atoms with Crippen molar-refractivity contribution in [3.05, 3.63) is 10.5 Å². The molecule has 0 amide bonds. The summed E-state index contributed by atoms with van der Waals surface area (Å²) in [6.45, 7) is 2.45. The fraction of sp³-hybridized carbons (Fsp3) is 0.727. The lowest BCUT2D eigenvalue weighted by molar-refractivity contribution is -0.146. The van der Waals surface area contributed by atoms with Gasteiger partial charge in [0.1, 0.15) is 5.54 Å². The molecule has 19 heavy (non-hydrogen) atoms. The van der Waals surface area contributed by atoms with Crippen LogP contribution in [0.4, 0.5) is 0 Å². The van der Waals surface area contributed by atoms with E-state index in [1.807, 2.05) is 6.92 Å². The van der Waals surface area contributed by atoms with Crippen molar-refractivity contribution in [1.82, 2.24) is 14.8 Å². The number of aromatic amines is 1. The molecule has 0 aliphatic heterocycles. The molecule has 0 aromatic carbocycles. The molecule has 0 spiro atoms. The van der Waals surface area contributed by atoms with Crippen LogP contribution in [0.2, 0.25) is 0 Å². The standard InChI is InChI=1S/C11H18N4O3S/c1-3-15-9(17)13-14-10(15)19-7-4-5-11(12,6-7)8(16)18-2/h7H,3-6,12H2,1-2H3,(H,13,17). The summed E-state index contributed by atoms with van der Waals surface area (Å²) in [5.74, 6) is -0.370. The van der Waals surface area contributed by atoms with E-state index in [1.165, 1.54) is 18.9 Å². The molecule has 1 aliphatic rings. The van der Waals surface area contributed by atoms with E-state index in [0.717, 1.165) is 6.42 Å². The third kappa shape index (κ3) is 2.69. The van der Waals surface area contributed by atoms with Crippen molar-refractivity contribution in [3.8, 4) is 0 Å². The number of carbonyl (C=O) groups excluding carboxylic acids is 1. The lowest BCUT2D eigenvalue weighted by atomic mass is 10.00. The van der Waals surface area contributed by atoms with E-state index in [1.54, 1.807) is 4.57 Å². The highest BCUT2D eigenvalue weighted by Gasteiger charge is 2.43. The lowest BCUT2D eigenvalue weighted by Gasteiger charge is -2.20. The SMILES string of the molecule is CCn1c(SC2CCC(N)(C(=O)OC)C2)n[nH]c1=O. The van der Waals surface area contributed by atoms with Crippen molar-refractivity contribution in [2.75, 3.05) is 7.11 Å². The smallest absolute Gasteiger partial charge is 0.343 e. The Balaban J connectivity index is 2.06. The maximum Gasteiger partial charge on any atom is 0.343 e. The van der Waals surface area contributed by atoms with E-state index in [9.17, 15) is 9.59 Å². The molecule has 1 fully saturated rings. The Morgan fingerprint density at radius 2 is 2.47 bits per heavy atom. The highest BCUT2D eigenvalue weighted by atomic mass is 32.2. The molecule has 8 heteroatoms. The topological polar surface area (TPSA) is 103 Å². The van der Waals surface area contributed by atoms with Crippen molar-refractivity contribution in [2.45, 2.75) is 48.7 Å². The van der Waals surface area contributed by atoms with Gasteiger partial charge < -0.3 is 10.5 Å². The molecule has 1 aromatic rings. The minimum Gasteiger partial charge on any atom is -0.468 e. The predicted octanol–water partition coefficient (Wildman–Crippen LogP) is 0.106. The first-order chi connectivity index (χ1) is 9.00. The molecule has 0 radical (unpaired) electrons. The zero-order valence-electron chi connectivity index (χ0n) is 11.0. The van der Waals surface area contributed by atoms with Gasteiger partial charge in [-0.1, -0.05) is 11.8 Å². The molecule has 2 unspecified atom stereocenters. The molecule has 7 nitrogen and oxygen atoms in total. The normalized spacial score (nSPS) is 26.6. The second-order valence-corrected chi connectivity index (χ2v) is 5.95. The van der Waals surface area contributed by atoms with E-state index in [2.05, 4.69) is 10.2 Å². The van der Waals surface area contributed by atoms with Gasteiger partial charge in [-0.15, -0.1) is 5.10 Å². The molecule has 1 aromatic heterocycles. The quantitative estimate of drug-likeness (QED) is 0.761. The summed E-state index contributed by atoms with van der Waals surface area (Å²) in [6.07, 6.45) is 1.94. The third-order valence-corrected chi connectivity index (χ3v) is 4.67. The van der Waals surface area contributed by atoms with E-state index >= 15 is 0 Å². The van der Waals surface area contributed by atoms with Crippen LogP contribution in [-0.4, -0.2) is 38.6 Å². The number of carbonyl (C=O) groups is 1. The number of ether oxygens (including phenoxy) is 1. The molecule has 106 valence electrons. The molecular formula is C11H18N4O3S. The number of hydrogen-bond donors (Lipinski definition) is 2. The van der Waals surface area contributed by atoms with E-state index < -0.39 is 5.54 Å². The van der Waals surface area contributed by atoms with Crippen LogP contribution in [0.1, 0.15) is 26.2 Å².